The van der Waals surface area contributed by atoms with E-state index in [4.69, 9.17) is 10.5 Å². The summed E-state index contributed by atoms with van der Waals surface area (Å²) >= 11 is 1.67. The predicted octanol–water partition coefficient (Wildman–Crippen LogP) is 1.94. The number of nitrogens with two attached hydrogens (primary N) is 1. The van der Waals surface area contributed by atoms with Gasteiger partial charge in [0.2, 0.25) is 0 Å². The lowest BCUT2D eigenvalue weighted by Gasteiger charge is -2.36. The summed E-state index contributed by atoms with van der Waals surface area (Å²) < 4.78 is 5.39. The van der Waals surface area contributed by atoms with Crippen molar-refractivity contribution in [2.45, 2.75) is 39.2 Å². The summed E-state index contributed by atoms with van der Waals surface area (Å²) in [5.41, 5.74) is 7.00. The zero-order chi connectivity index (χ0) is 13.0. The van der Waals surface area contributed by atoms with Crippen LogP contribution < -0.4 is 5.73 Å². The first-order valence-electron chi connectivity index (χ1n) is 6.89. The van der Waals surface area contributed by atoms with E-state index >= 15 is 0 Å². The Kier molecular flexibility index (Phi) is 4.97. The van der Waals surface area contributed by atoms with Crippen molar-refractivity contribution in [3.63, 3.8) is 0 Å². The second-order valence-corrected chi connectivity index (χ2v) is 5.58. The van der Waals surface area contributed by atoms with Gasteiger partial charge in [0.05, 0.1) is 18.9 Å². The molecular weight excluding hydrogens is 246 g/mol. The van der Waals surface area contributed by atoms with Crippen molar-refractivity contribution < 1.29 is 4.74 Å². The summed E-state index contributed by atoms with van der Waals surface area (Å²) in [7, 11) is 0. The largest absolute Gasteiger partial charge is 0.379 e. The molecule has 1 unspecified atom stereocenters. The number of nitrogen functional groups attached to an aromatic ring is 1. The Morgan fingerprint density at radius 2 is 2.06 bits per heavy atom. The highest BCUT2D eigenvalue weighted by Gasteiger charge is 2.27. The first-order chi connectivity index (χ1) is 8.83. The summed E-state index contributed by atoms with van der Waals surface area (Å²) in [6.45, 7) is 7.92. The molecule has 102 valence electrons. The number of fused-ring (bicyclic) bond motifs is 1. The molecule has 1 aliphatic carbocycles. The number of hydrogen-bond donors (Lipinski definition) is 1. The zero-order valence-corrected chi connectivity index (χ0v) is 12.1. The van der Waals surface area contributed by atoms with Crippen LogP contribution in [-0.4, -0.2) is 42.2 Å². The fraction of sp³-hybridized carbons (Fsp3) is 0.769. The van der Waals surface area contributed by atoms with Gasteiger partial charge in [-0.25, -0.2) is 4.98 Å². The summed E-state index contributed by atoms with van der Waals surface area (Å²) in [5.74, 6) is 0. The third-order valence-corrected chi connectivity index (χ3v) is 4.44. The second-order valence-electron chi connectivity index (χ2n) is 4.47. The topological polar surface area (TPSA) is 51.4 Å². The summed E-state index contributed by atoms with van der Waals surface area (Å²) in [6.07, 6.45) is 3.44. The van der Waals surface area contributed by atoms with Crippen molar-refractivity contribution in [3.8, 4) is 0 Å². The molecule has 0 bridgehead atoms. The maximum Gasteiger partial charge on any atom is 0.180 e. The molecule has 1 fully saturated rings. The summed E-state index contributed by atoms with van der Waals surface area (Å²) in [5, 5.41) is 0.729. The molecule has 0 saturated carbocycles. The van der Waals surface area contributed by atoms with Crippen LogP contribution in [0.5, 0.6) is 0 Å². The minimum absolute atomic E-state index is 0.677. The molecule has 4 nitrogen and oxygen atoms in total. The van der Waals surface area contributed by atoms with Gasteiger partial charge in [-0.1, -0.05) is 13.8 Å². The van der Waals surface area contributed by atoms with Crippen molar-refractivity contribution in [1.82, 2.24) is 9.88 Å². The van der Waals surface area contributed by atoms with Gasteiger partial charge in [0.1, 0.15) is 0 Å². The average molecular weight is 269 g/mol. The van der Waals surface area contributed by atoms with Crippen LogP contribution in [0.25, 0.3) is 0 Å². The maximum absolute atomic E-state index is 5.76. The van der Waals surface area contributed by atoms with Gasteiger partial charge >= 0.3 is 0 Å². The van der Waals surface area contributed by atoms with Gasteiger partial charge in [0, 0.05) is 24.0 Å². The van der Waals surface area contributed by atoms with Crippen LogP contribution in [0.1, 0.15) is 30.8 Å². The number of nitrogens with zero attached hydrogens (tertiary/aromatic N) is 2. The van der Waals surface area contributed by atoms with E-state index in [0.29, 0.717) is 6.04 Å². The first-order valence-corrected chi connectivity index (χ1v) is 7.70. The van der Waals surface area contributed by atoms with Crippen LogP contribution >= 0.6 is 11.3 Å². The zero-order valence-electron chi connectivity index (χ0n) is 11.3. The smallest absolute Gasteiger partial charge is 0.180 e. The number of anilines is 1. The van der Waals surface area contributed by atoms with Gasteiger partial charge in [0.15, 0.2) is 5.13 Å². The van der Waals surface area contributed by atoms with E-state index in [-0.39, 0.29) is 0 Å². The highest BCUT2D eigenvalue weighted by Crippen LogP contribution is 2.30. The molecule has 2 heterocycles. The number of thiazole rings is 1. The van der Waals surface area contributed by atoms with E-state index in [0.717, 1.165) is 44.3 Å². The molecule has 1 atom stereocenters. The lowest BCUT2D eigenvalue weighted by Crippen LogP contribution is -2.45. The van der Waals surface area contributed by atoms with Gasteiger partial charge in [-0.15, -0.1) is 11.3 Å². The van der Waals surface area contributed by atoms with Gasteiger partial charge in [0.25, 0.3) is 0 Å². The number of ether oxygens (including phenoxy) is 1. The van der Waals surface area contributed by atoms with Crippen LogP contribution in [0, 0.1) is 0 Å². The second kappa shape index (κ2) is 6.50. The average Bonchev–Trinajstić information content (AvgIpc) is 2.81. The van der Waals surface area contributed by atoms with E-state index in [1.807, 2.05) is 13.8 Å². The predicted molar refractivity (Wildman–Crippen MR) is 76.1 cm³/mol. The van der Waals surface area contributed by atoms with E-state index in [1.165, 1.54) is 17.0 Å². The normalized spacial score (nSPS) is 24.0. The number of rotatable bonds is 1. The van der Waals surface area contributed by atoms with Gasteiger partial charge in [-0.3, -0.25) is 4.90 Å². The minimum Gasteiger partial charge on any atom is -0.379 e. The Balaban J connectivity index is 0.000000574. The number of morpholine rings is 1. The first kappa shape index (κ1) is 13.8. The molecule has 0 radical (unpaired) electrons. The Morgan fingerprint density at radius 1 is 1.33 bits per heavy atom. The van der Waals surface area contributed by atoms with Crippen LogP contribution in [0.4, 0.5) is 5.13 Å². The minimum atomic E-state index is 0.677. The molecule has 2 N–H and O–H groups in total. The van der Waals surface area contributed by atoms with Crippen molar-refractivity contribution >= 4 is 16.5 Å². The Labute approximate surface area is 113 Å². The lowest BCUT2D eigenvalue weighted by molar-refractivity contribution is 0.0139. The van der Waals surface area contributed by atoms with Gasteiger partial charge < -0.3 is 10.5 Å². The van der Waals surface area contributed by atoms with Crippen molar-refractivity contribution in [1.29, 1.82) is 0 Å². The Morgan fingerprint density at radius 3 is 2.78 bits per heavy atom. The Hall–Kier alpha value is -0.650. The fourth-order valence-electron chi connectivity index (χ4n) is 2.63. The highest BCUT2D eigenvalue weighted by atomic mass is 32.1. The molecule has 2 aliphatic rings. The number of hydrogen-bond acceptors (Lipinski definition) is 5. The van der Waals surface area contributed by atoms with Crippen molar-refractivity contribution in [3.05, 3.63) is 10.6 Å². The van der Waals surface area contributed by atoms with Gasteiger partial charge in [-0.05, 0) is 19.3 Å². The third kappa shape index (κ3) is 3.02. The third-order valence-electron chi connectivity index (χ3n) is 3.49. The molecule has 1 saturated heterocycles. The molecule has 0 amide bonds. The van der Waals surface area contributed by atoms with Crippen LogP contribution in [-0.2, 0) is 17.6 Å². The molecular formula is C13H23N3OS. The highest BCUT2D eigenvalue weighted by molar-refractivity contribution is 7.15. The quantitative estimate of drug-likeness (QED) is 0.846. The van der Waals surface area contributed by atoms with Crippen molar-refractivity contribution in [2.75, 3.05) is 32.0 Å². The lowest BCUT2D eigenvalue weighted by atomic mass is 9.96. The van der Waals surface area contributed by atoms with Crippen LogP contribution in [0.3, 0.4) is 0 Å². The monoisotopic (exact) mass is 269 g/mol. The van der Waals surface area contributed by atoms with E-state index in [1.54, 1.807) is 11.3 Å². The SMILES string of the molecule is CC.Nc1nc2c(s1)CC(N1CCOCC1)CC2. The van der Waals surface area contributed by atoms with E-state index in [9.17, 15) is 0 Å². The fourth-order valence-corrected chi connectivity index (χ4v) is 3.58. The molecule has 1 aromatic heterocycles. The molecule has 1 aromatic rings. The molecule has 0 spiro atoms. The van der Waals surface area contributed by atoms with Crippen molar-refractivity contribution in [2.24, 2.45) is 0 Å². The number of aryl methyl sites for hydroxylation is 1. The van der Waals surface area contributed by atoms with Crippen LogP contribution in [0.15, 0.2) is 0 Å². The number of aromatic nitrogens is 1. The standard InChI is InChI=1S/C11H17N3OS.C2H6/c12-11-13-9-2-1-8(7-10(9)16-11)14-3-5-15-6-4-14;1-2/h8H,1-7H2,(H2,12,13);1-2H3. The molecule has 0 aromatic carbocycles. The maximum atomic E-state index is 5.76. The molecule has 5 heteroatoms. The molecule has 18 heavy (non-hydrogen) atoms. The summed E-state index contributed by atoms with van der Waals surface area (Å²) in [6, 6.07) is 0.677. The van der Waals surface area contributed by atoms with Crippen LogP contribution in [0.2, 0.25) is 0 Å². The van der Waals surface area contributed by atoms with E-state index < -0.39 is 0 Å². The Bertz CT molecular complexity index is 374. The van der Waals surface area contributed by atoms with E-state index in [2.05, 4.69) is 9.88 Å². The van der Waals surface area contributed by atoms with Gasteiger partial charge in [-0.2, -0.15) is 0 Å². The summed E-state index contributed by atoms with van der Waals surface area (Å²) in [4.78, 5) is 8.34. The molecule has 3 rings (SSSR count). The molecule has 1 aliphatic heterocycles.